The molecular weight excluding hydrogens is 416 g/mol. The molecule has 0 saturated carbocycles. The van der Waals surface area contributed by atoms with Crippen molar-refractivity contribution in [1.29, 1.82) is 0 Å². The molecule has 2 atom stereocenters. The van der Waals surface area contributed by atoms with Crippen molar-refractivity contribution < 1.29 is 24.5 Å². The van der Waals surface area contributed by atoms with E-state index in [-0.39, 0.29) is 11.5 Å². The van der Waals surface area contributed by atoms with Crippen molar-refractivity contribution in [3.8, 4) is 11.5 Å². The third kappa shape index (κ3) is 6.36. The SMILES string of the molecule is COc1cc(C(O)C(CCCc2ccccc2)Cc2cccc(C(=O)O)c2)cc(OC)c1C. The molecule has 0 aromatic heterocycles. The van der Waals surface area contributed by atoms with E-state index < -0.39 is 12.1 Å². The lowest BCUT2D eigenvalue weighted by molar-refractivity contribution is 0.0696. The zero-order valence-corrected chi connectivity index (χ0v) is 19.5. The first-order valence-electron chi connectivity index (χ1n) is 11.2. The van der Waals surface area contributed by atoms with E-state index in [1.807, 2.05) is 43.3 Å². The fourth-order valence-corrected chi connectivity index (χ4v) is 4.27. The quantitative estimate of drug-likeness (QED) is 0.398. The molecule has 3 aromatic carbocycles. The van der Waals surface area contributed by atoms with E-state index in [4.69, 9.17) is 9.47 Å². The Morgan fingerprint density at radius 1 is 0.909 bits per heavy atom. The van der Waals surface area contributed by atoms with Crippen LogP contribution in [0.3, 0.4) is 0 Å². The van der Waals surface area contributed by atoms with E-state index in [1.54, 1.807) is 32.4 Å². The largest absolute Gasteiger partial charge is 0.496 e. The van der Waals surface area contributed by atoms with Crippen molar-refractivity contribution in [1.82, 2.24) is 0 Å². The number of carboxylic acids is 1. The van der Waals surface area contributed by atoms with Gasteiger partial charge in [0.05, 0.1) is 25.9 Å². The summed E-state index contributed by atoms with van der Waals surface area (Å²) in [6.07, 6.45) is 2.42. The van der Waals surface area contributed by atoms with Crippen LogP contribution in [0.1, 0.15) is 51.6 Å². The number of aliphatic hydroxyl groups is 1. The van der Waals surface area contributed by atoms with Gasteiger partial charge in [-0.05, 0) is 79.5 Å². The molecule has 0 heterocycles. The topological polar surface area (TPSA) is 76.0 Å². The molecule has 2 N–H and O–H groups in total. The van der Waals surface area contributed by atoms with E-state index in [9.17, 15) is 15.0 Å². The molecule has 2 unspecified atom stereocenters. The first kappa shape index (κ1) is 24.3. The fraction of sp³-hybridized carbons (Fsp3) is 0.321. The Labute approximate surface area is 195 Å². The molecule has 174 valence electrons. The lowest BCUT2D eigenvalue weighted by Gasteiger charge is -2.25. The molecule has 0 amide bonds. The summed E-state index contributed by atoms with van der Waals surface area (Å²) in [6.45, 7) is 1.92. The van der Waals surface area contributed by atoms with Crippen LogP contribution in [-0.4, -0.2) is 30.4 Å². The maximum absolute atomic E-state index is 11.4. The standard InChI is InChI=1S/C28H32O5/c1-19-25(32-2)17-24(18-26(19)33-3)27(29)22(13-7-11-20-9-5-4-6-10-20)15-21-12-8-14-23(16-21)28(30)31/h4-6,8-10,12,14,16-18,22,27,29H,7,11,13,15H2,1-3H3,(H,30,31). The van der Waals surface area contributed by atoms with Gasteiger partial charge in [0.2, 0.25) is 0 Å². The molecular formula is C28H32O5. The zero-order chi connectivity index (χ0) is 23.8. The van der Waals surface area contributed by atoms with Gasteiger partial charge in [-0.25, -0.2) is 4.79 Å². The van der Waals surface area contributed by atoms with Gasteiger partial charge >= 0.3 is 5.97 Å². The van der Waals surface area contributed by atoms with Gasteiger partial charge < -0.3 is 19.7 Å². The molecule has 0 aliphatic heterocycles. The minimum atomic E-state index is -0.953. The van der Waals surface area contributed by atoms with Gasteiger partial charge in [0, 0.05) is 5.56 Å². The number of hydrogen-bond donors (Lipinski definition) is 2. The Kier molecular flexibility index (Phi) is 8.50. The second-order valence-corrected chi connectivity index (χ2v) is 8.34. The minimum Gasteiger partial charge on any atom is -0.496 e. The van der Waals surface area contributed by atoms with Crippen LogP contribution in [0.4, 0.5) is 0 Å². The number of rotatable bonds is 11. The van der Waals surface area contributed by atoms with Crippen molar-refractivity contribution in [3.05, 3.63) is 94.5 Å². The second kappa shape index (κ2) is 11.5. The van der Waals surface area contributed by atoms with Crippen molar-refractivity contribution in [2.24, 2.45) is 5.92 Å². The smallest absolute Gasteiger partial charge is 0.335 e. The monoisotopic (exact) mass is 448 g/mol. The molecule has 0 radical (unpaired) electrons. The number of methoxy groups -OCH3 is 2. The molecule has 5 nitrogen and oxygen atoms in total. The van der Waals surface area contributed by atoms with Gasteiger partial charge in [0.15, 0.2) is 0 Å². The van der Waals surface area contributed by atoms with Gasteiger partial charge in [0.1, 0.15) is 11.5 Å². The van der Waals surface area contributed by atoms with Gasteiger partial charge in [-0.15, -0.1) is 0 Å². The number of aliphatic hydroxyl groups excluding tert-OH is 1. The molecule has 0 bridgehead atoms. The Hall–Kier alpha value is -3.31. The summed E-state index contributed by atoms with van der Waals surface area (Å²) in [4.78, 5) is 11.4. The van der Waals surface area contributed by atoms with Crippen LogP contribution in [0.2, 0.25) is 0 Å². The Morgan fingerprint density at radius 2 is 1.55 bits per heavy atom. The number of aryl methyl sites for hydroxylation is 1. The lowest BCUT2D eigenvalue weighted by atomic mass is 9.85. The fourth-order valence-electron chi connectivity index (χ4n) is 4.27. The minimum absolute atomic E-state index is 0.102. The van der Waals surface area contributed by atoms with E-state index >= 15 is 0 Å². The summed E-state index contributed by atoms with van der Waals surface area (Å²) in [7, 11) is 3.21. The number of carbonyl (C=O) groups is 1. The average molecular weight is 449 g/mol. The van der Waals surface area contributed by atoms with Crippen LogP contribution >= 0.6 is 0 Å². The molecule has 33 heavy (non-hydrogen) atoms. The van der Waals surface area contributed by atoms with E-state index in [1.165, 1.54) is 5.56 Å². The predicted molar refractivity (Wildman–Crippen MR) is 129 cm³/mol. The first-order valence-corrected chi connectivity index (χ1v) is 11.2. The number of ether oxygens (including phenoxy) is 2. The highest BCUT2D eigenvalue weighted by Gasteiger charge is 2.24. The van der Waals surface area contributed by atoms with Gasteiger partial charge in [-0.1, -0.05) is 42.5 Å². The Bertz CT molecular complexity index is 1040. The summed E-state index contributed by atoms with van der Waals surface area (Å²) in [5.74, 6) is 0.277. The molecule has 0 aliphatic rings. The summed E-state index contributed by atoms with van der Waals surface area (Å²) < 4.78 is 11.0. The van der Waals surface area contributed by atoms with Crippen LogP contribution in [0.25, 0.3) is 0 Å². The molecule has 0 fully saturated rings. The summed E-state index contributed by atoms with van der Waals surface area (Å²) >= 11 is 0. The molecule has 5 heteroatoms. The first-order chi connectivity index (χ1) is 15.9. The van der Waals surface area contributed by atoms with Crippen LogP contribution in [0, 0.1) is 12.8 Å². The summed E-state index contributed by atoms with van der Waals surface area (Å²) in [5, 5.41) is 20.8. The second-order valence-electron chi connectivity index (χ2n) is 8.34. The number of hydrogen-bond acceptors (Lipinski definition) is 4. The van der Waals surface area contributed by atoms with Crippen molar-refractivity contribution >= 4 is 5.97 Å². The zero-order valence-electron chi connectivity index (χ0n) is 19.5. The van der Waals surface area contributed by atoms with E-state index in [0.717, 1.165) is 36.0 Å². The third-order valence-corrected chi connectivity index (χ3v) is 6.12. The van der Waals surface area contributed by atoms with E-state index in [0.29, 0.717) is 17.9 Å². The summed E-state index contributed by atoms with van der Waals surface area (Å²) in [5.41, 5.74) is 4.02. The van der Waals surface area contributed by atoms with Gasteiger partial charge in [-0.2, -0.15) is 0 Å². The van der Waals surface area contributed by atoms with Crippen molar-refractivity contribution in [2.75, 3.05) is 14.2 Å². The summed E-state index contributed by atoms with van der Waals surface area (Å²) in [6, 6.07) is 21.0. The molecule has 3 aromatic rings. The van der Waals surface area contributed by atoms with Crippen LogP contribution in [0.15, 0.2) is 66.7 Å². The van der Waals surface area contributed by atoms with Crippen LogP contribution in [-0.2, 0) is 12.8 Å². The maximum Gasteiger partial charge on any atom is 0.335 e. The highest BCUT2D eigenvalue weighted by atomic mass is 16.5. The predicted octanol–water partition coefficient (Wildman–Crippen LogP) is 5.63. The maximum atomic E-state index is 11.4. The number of carboxylic acid groups (broad SMARTS) is 1. The van der Waals surface area contributed by atoms with Crippen molar-refractivity contribution in [3.63, 3.8) is 0 Å². The molecule has 0 aliphatic carbocycles. The number of aromatic carboxylic acids is 1. The van der Waals surface area contributed by atoms with Crippen LogP contribution in [0.5, 0.6) is 11.5 Å². The average Bonchev–Trinajstić information content (AvgIpc) is 2.84. The lowest BCUT2D eigenvalue weighted by Crippen LogP contribution is -2.17. The highest BCUT2D eigenvalue weighted by Crippen LogP contribution is 2.36. The van der Waals surface area contributed by atoms with E-state index in [2.05, 4.69) is 12.1 Å². The Balaban J connectivity index is 1.86. The van der Waals surface area contributed by atoms with Gasteiger partial charge in [-0.3, -0.25) is 0 Å². The Morgan fingerprint density at radius 3 is 2.15 bits per heavy atom. The number of benzene rings is 3. The van der Waals surface area contributed by atoms with Crippen LogP contribution < -0.4 is 9.47 Å². The third-order valence-electron chi connectivity index (χ3n) is 6.12. The molecule has 3 rings (SSSR count). The van der Waals surface area contributed by atoms with Crippen molar-refractivity contribution in [2.45, 2.75) is 38.7 Å². The van der Waals surface area contributed by atoms with Gasteiger partial charge in [0.25, 0.3) is 0 Å². The molecule has 0 spiro atoms. The normalized spacial score (nSPS) is 12.7. The molecule has 0 saturated heterocycles. The highest BCUT2D eigenvalue weighted by molar-refractivity contribution is 5.87.